The zero-order valence-corrected chi connectivity index (χ0v) is 16.4. The van der Waals surface area contributed by atoms with Crippen molar-refractivity contribution < 1.29 is 4.74 Å². The molecule has 0 fully saturated rings. The highest BCUT2D eigenvalue weighted by Crippen LogP contribution is 2.22. The summed E-state index contributed by atoms with van der Waals surface area (Å²) in [5.41, 5.74) is 2.10. The number of benzene rings is 1. The van der Waals surface area contributed by atoms with Gasteiger partial charge in [-0.05, 0) is 38.4 Å². The SMILES string of the molecule is C=C(C)C(Nc1cccc(OC)c1)C(C)CN(C)/N=N\C(C)NCC. The van der Waals surface area contributed by atoms with Crippen molar-refractivity contribution in [1.82, 2.24) is 10.3 Å². The largest absolute Gasteiger partial charge is 0.497 e. The summed E-state index contributed by atoms with van der Waals surface area (Å²) in [6, 6.07) is 8.07. The highest BCUT2D eigenvalue weighted by Gasteiger charge is 2.19. The third-order valence-corrected chi connectivity index (χ3v) is 3.92. The molecule has 25 heavy (non-hydrogen) atoms. The van der Waals surface area contributed by atoms with Gasteiger partial charge in [-0.3, -0.25) is 10.3 Å². The van der Waals surface area contributed by atoms with Crippen molar-refractivity contribution in [3.63, 3.8) is 0 Å². The minimum absolute atomic E-state index is 0.0228. The van der Waals surface area contributed by atoms with Gasteiger partial charge in [-0.1, -0.05) is 37.3 Å². The maximum Gasteiger partial charge on any atom is 0.120 e. The fourth-order valence-electron chi connectivity index (χ4n) is 2.70. The van der Waals surface area contributed by atoms with Crippen LogP contribution in [0.4, 0.5) is 5.69 Å². The molecule has 3 atom stereocenters. The molecule has 0 aliphatic rings. The molecule has 6 heteroatoms. The van der Waals surface area contributed by atoms with Crippen LogP contribution < -0.4 is 15.4 Å². The number of nitrogens with one attached hydrogen (secondary N) is 2. The summed E-state index contributed by atoms with van der Waals surface area (Å²) in [5, 5.41) is 17.2. The summed E-state index contributed by atoms with van der Waals surface area (Å²) < 4.78 is 5.29. The zero-order valence-electron chi connectivity index (χ0n) is 16.4. The van der Waals surface area contributed by atoms with Gasteiger partial charge >= 0.3 is 0 Å². The van der Waals surface area contributed by atoms with Crippen molar-refractivity contribution in [3.8, 4) is 5.75 Å². The van der Waals surface area contributed by atoms with Gasteiger partial charge in [0.25, 0.3) is 0 Å². The Morgan fingerprint density at radius 3 is 2.68 bits per heavy atom. The van der Waals surface area contributed by atoms with Gasteiger partial charge in [0.15, 0.2) is 0 Å². The van der Waals surface area contributed by atoms with E-state index in [2.05, 4.69) is 41.4 Å². The second-order valence-electron chi connectivity index (χ2n) is 6.46. The summed E-state index contributed by atoms with van der Waals surface area (Å²) in [6.07, 6.45) is 0.0228. The van der Waals surface area contributed by atoms with Crippen molar-refractivity contribution in [2.24, 2.45) is 16.3 Å². The molecular weight excluding hydrogens is 314 g/mol. The molecule has 0 aromatic heterocycles. The number of methoxy groups -OCH3 is 1. The highest BCUT2D eigenvalue weighted by atomic mass is 16.5. The second kappa shape index (κ2) is 10.7. The standard InChI is InChI=1S/C19H33N5O/c1-8-20-16(5)22-23-24(6)13-15(4)19(14(2)3)21-17-10-9-11-18(12-17)25-7/h9-12,15-16,19-21H,2,8,13H2,1,3-7H3/b23-22-. The van der Waals surface area contributed by atoms with Gasteiger partial charge in [0, 0.05) is 25.3 Å². The quantitative estimate of drug-likeness (QED) is 0.361. The zero-order chi connectivity index (χ0) is 18.8. The first-order chi connectivity index (χ1) is 11.9. The van der Waals surface area contributed by atoms with Crippen molar-refractivity contribution in [3.05, 3.63) is 36.4 Å². The molecule has 1 aromatic carbocycles. The number of ether oxygens (including phenoxy) is 1. The molecule has 1 rings (SSSR count). The Morgan fingerprint density at radius 2 is 2.08 bits per heavy atom. The maximum atomic E-state index is 5.29. The molecule has 0 heterocycles. The van der Waals surface area contributed by atoms with E-state index in [-0.39, 0.29) is 12.2 Å². The van der Waals surface area contributed by atoms with Crippen LogP contribution in [0.15, 0.2) is 46.8 Å². The first kappa shape index (κ1) is 21.0. The molecule has 3 unspecified atom stereocenters. The predicted octanol–water partition coefficient (Wildman–Crippen LogP) is 3.94. The van der Waals surface area contributed by atoms with E-state index in [0.717, 1.165) is 30.1 Å². The molecule has 0 saturated heterocycles. The van der Waals surface area contributed by atoms with Crippen LogP contribution in [-0.4, -0.2) is 44.5 Å². The second-order valence-corrected chi connectivity index (χ2v) is 6.46. The van der Waals surface area contributed by atoms with E-state index in [1.165, 1.54) is 0 Å². The molecule has 0 aliphatic heterocycles. The van der Waals surface area contributed by atoms with Crippen LogP contribution in [0.2, 0.25) is 0 Å². The lowest BCUT2D eigenvalue weighted by molar-refractivity contribution is 0.263. The summed E-state index contributed by atoms with van der Waals surface area (Å²) in [6.45, 7) is 14.1. The van der Waals surface area contributed by atoms with Crippen LogP contribution in [0.3, 0.4) is 0 Å². The fraction of sp³-hybridized carbons (Fsp3) is 0.579. The van der Waals surface area contributed by atoms with Crippen molar-refractivity contribution in [2.45, 2.75) is 39.9 Å². The van der Waals surface area contributed by atoms with Gasteiger partial charge in [-0.25, -0.2) is 0 Å². The van der Waals surface area contributed by atoms with E-state index in [1.54, 1.807) is 7.11 Å². The molecule has 2 N–H and O–H groups in total. The molecule has 140 valence electrons. The first-order valence-corrected chi connectivity index (χ1v) is 8.78. The van der Waals surface area contributed by atoms with Crippen LogP contribution in [0.5, 0.6) is 5.75 Å². The van der Waals surface area contributed by atoms with Gasteiger partial charge in [0.05, 0.1) is 13.2 Å². The number of nitrogens with zero attached hydrogens (tertiary/aromatic N) is 3. The average Bonchev–Trinajstić information content (AvgIpc) is 2.58. The van der Waals surface area contributed by atoms with E-state index in [0.29, 0.717) is 5.92 Å². The molecule has 0 spiro atoms. The third-order valence-electron chi connectivity index (χ3n) is 3.92. The highest BCUT2D eigenvalue weighted by molar-refractivity contribution is 5.50. The Balaban J connectivity index is 2.69. The van der Waals surface area contributed by atoms with Crippen LogP contribution in [-0.2, 0) is 0 Å². The molecule has 0 radical (unpaired) electrons. The van der Waals surface area contributed by atoms with Crippen molar-refractivity contribution >= 4 is 5.69 Å². The molecule has 0 saturated carbocycles. The van der Waals surface area contributed by atoms with Gasteiger partial charge in [0.2, 0.25) is 0 Å². The molecule has 1 aromatic rings. The number of hydrogen-bond acceptors (Lipinski definition) is 5. The Labute approximate surface area is 152 Å². The Hall–Kier alpha value is -2.08. The third kappa shape index (κ3) is 7.56. The monoisotopic (exact) mass is 347 g/mol. The summed E-state index contributed by atoms with van der Waals surface area (Å²) in [4.78, 5) is 0. The minimum Gasteiger partial charge on any atom is -0.497 e. The van der Waals surface area contributed by atoms with Gasteiger partial charge in [0.1, 0.15) is 11.9 Å². The Morgan fingerprint density at radius 1 is 1.36 bits per heavy atom. The maximum absolute atomic E-state index is 5.29. The van der Waals surface area contributed by atoms with Crippen LogP contribution >= 0.6 is 0 Å². The molecule has 6 nitrogen and oxygen atoms in total. The van der Waals surface area contributed by atoms with E-state index in [9.17, 15) is 0 Å². The normalized spacial score (nSPS) is 14.8. The molecular formula is C19H33N5O. The average molecular weight is 348 g/mol. The lowest BCUT2D eigenvalue weighted by Crippen LogP contribution is -2.35. The van der Waals surface area contributed by atoms with E-state index in [4.69, 9.17) is 4.74 Å². The summed E-state index contributed by atoms with van der Waals surface area (Å²) in [7, 11) is 3.62. The first-order valence-electron chi connectivity index (χ1n) is 8.78. The predicted molar refractivity (Wildman–Crippen MR) is 105 cm³/mol. The van der Waals surface area contributed by atoms with Crippen molar-refractivity contribution in [2.75, 3.05) is 32.6 Å². The molecule has 0 aliphatic carbocycles. The van der Waals surface area contributed by atoms with Gasteiger partial charge in [-0.15, -0.1) is 0 Å². The van der Waals surface area contributed by atoms with Crippen LogP contribution in [0, 0.1) is 5.92 Å². The van der Waals surface area contributed by atoms with Crippen molar-refractivity contribution in [1.29, 1.82) is 0 Å². The van der Waals surface area contributed by atoms with E-state index >= 15 is 0 Å². The van der Waals surface area contributed by atoms with Gasteiger partial charge in [-0.2, -0.15) is 5.11 Å². The number of rotatable bonds is 11. The lowest BCUT2D eigenvalue weighted by Gasteiger charge is -2.29. The van der Waals surface area contributed by atoms with Crippen LogP contribution in [0.25, 0.3) is 0 Å². The Bertz CT molecular complexity index is 561. The van der Waals surface area contributed by atoms with Crippen LogP contribution in [0.1, 0.15) is 27.7 Å². The topological polar surface area (TPSA) is 61.2 Å². The smallest absolute Gasteiger partial charge is 0.120 e. The summed E-state index contributed by atoms with van der Waals surface area (Å²) in [5.74, 6) is 1.14. The molecule has 0 amide bonds. The minimum atomic E-state index is 0.0228. The fourth-order valence-corrected chi connectivity index (χ4v) is 2.70. The number of anilines is 1. The van der Waals surface area contributed by atoms with E-state index < -0.39 is 0 Å². The Kier molecular flexibility index (Phi) is 8.99. The van der Waals surface area contributed by atoms with Gasteiger partial charge < -0.3 is 10.1 Å². The summed E-state index contributed by atoms with van der Waals surface area (Å²) >= 11 is 0. The van der Waals surface area contributed by atoms with E-state index in [1.807, 2.05) is 50.2 Å². The lowest BCUT2D eigenvalue weighted by atomic mass is 9.95. The number of hydrogen-bond donors (Lipinski definition) is 2. The molecule has 0 bridgehead atoms.